The molecule has 3 aromatic rings. The summed E-state index contributed by atoms with van der Waals surface area (Å²) in [6, 6.07) is 9.95. The summed E-state index contributed by atoms with van der Waals surface area (Å²) in [7, 11) is 0. The quantitative estimate of drug-likeness (QED) is 0.419. The number of benzene rings is 2. The number of aliphatic hydroxyl groups is 1. The Labute approximate surface area is 188 Å². The number of nitrogens with zero attached hydrogens (tertiary/aromatic N) is 2. The van der Waals surface area contributed by atoms with Crippen molar-refractivity contribution in [1.29, 1.82) is 0 Å². The highest BCUT2D eigenvalue weighted by Crippen LogP contribution is 2.56. The fraction of sp³-hybridized carbons (Fsp3) is 0.440. The Balaban J connectivity index is 1.63. The molecule has 0 radical (unpaired) electrons. The maximum absolute atomic E-state index is 13.6. The molecule has 174 valence electrons. The molecule has 1 aromatic heterocycles. The fourth-order valence-corrected chi connectivity index (χ4v) is 5.97. The van der Waals surface area contributed by atoms with Crippen LogP contribution in [0.25, 0.3) is 16.6 Å². The molecule has 1 saturated carbocycles. The van der Waals surface area contributed by atoms with E-state index < -0.39 is 36.0 Å². The molecule has 0 amide bonds. The van der Waals surface area contributed by atoms with Crippen LogP contribution in [0.2, 0.25) is 0 Å². The van der Waals surface area contributed by atoms with Crippen LogP contribution >= 0.6 is 0 Å². The van der Waals surface area contributed by atoms with Gasteiger partial charge in [0.15, 0.2) is 5.60 Å². The van der Waals surface area contributed by atoms with Crippen molar-refractivity contribution in [2.75, 3.05) is 0 Å². The molecular formula is C25H24F4N2O2. The molecule has 0 unspecified atom stereocenters. The van der Waals surface area contributed by atoms with E-state index in [4.69, 9.17) is 0 Å². The Hall–Kier alpha value is -2.74. The van der Waals surface area contributed by atoms with E-state index in [0.717, 1.165) is 28.3 Å². The van der Waals surface area contributed by atoms with E-state index >= 15 is 0 Å². The molecule has 0 saturated heterocycles. The number of carbonyl (C=O) groups is 1. The third-order valence-corrected chi connectivity index (χ3v) is 7.72. The Morgan fingerprint density at radius 1 is 1.18 bits per heavy atom. The average molecular weight is 460 g/mol. The molecule has 0 spiro atoms. The smallest absolute Gasteiger partial charge is 0.380 e. The van der Waals surface area contributed by atoms with Gasteiger partial charge in [0.1, 0.15) is 12.1 Å². The number of fused-ring (bicyclic) bond motifs is 4. The Kier molecular flexibility index (Phi) is 5.12. The minimum atomic E-state index is -4.70. The normalized spacial score (nSPS) is 27.6. The van der Waals surface area contributed by atoms with Crippen molar-refractivity contribution < 1.29 is 27.5 Å². The monoisotopic (exact) mass is 460 g/mol. The zero-order chi connectivity index (χ0) is 23.4. The van der Waals surface area contributed by atoms with E-state index in [9.17, 15) is 27.5 Å². The third-order valence-electron chi connectivity index (χ3n) is 7.72. The summed E-state index contributed by atoms with van der Waals surface area (Å²) >= 11 is 0. The number of aldehydes is 1. The van der Waals surface area contributed by atoms with Gasteiger partial charge in [-0.05, 0) is 92.0 Å². The first kappa shape index (κ1) is 22.1. The molecule has 4 nitrogen and oxygen atoms in total. The lowest BCUT2D eigenvalue weighted by Gasteiger charge is -2.50. The maximum Gasteiger partial charge on any atom is 0.417 e. The lowest BCUT2D eigenvalue weighted by Crippen LogP contribution is -2.55. The number of aryl methyl sites for hydroxylation is 1. The van der Waals surface area contributed by atoms with Gasteiger partial charge in [-0.1, -0.05) is 0 Å². The zero-order valence-corrected chi connectivity index (χ0v) is 17.9. The third kappa shape index (κ3) is 3.46. The first-order valence-electron chi connectivity index (χ1n) is 11.2. The van der Waals surface area contributed by atoms with Gasteiger partial charge < -0.3 is 9.90 Å². The van der Waals surface area contributed by atoms with E-state index in [1.54, 1.807) is 23.0 Å². The molecule has 1 fully saturated rings. The molecule has 0 aliphatic heterocycles. The molecule has 33 heavy (non-hydrogen) atoms. The highest BCUT2D eigenvalue weighted by Gasteiger charge is 2.60. The van der Waals surface area contributed by atoms with Crippen molar-refractivity contribution in [2.24, 2.45) is 5.92 Å². The molecule has 0 bridgehead atoms. The van der Waals surface area contributed by atoms with Crippen molar-refractivity contribution in [3.8, 4) is 5.69 Å². The molecule has 2 aliphatic rings. The summed E-state index contributed by atoms with van der Waals surface area (Å²) in [5, 5.41) is 15.7. The summed E-state index contributed by atoms with van der Waals surface area (Å²) in [5.41, 5.74) is -0.0414. The van der Waals surface area contributed by atoms with Gasteiger partial charge in [-0.2, -0.15) is 18.3 Å². The summed E-state index contributed by atoms with van der Waals surface area (Å²) in [4.78, 5) is 11.8. The second-order valence-electron chi connectivity index (χ2n) is 9.45. The predicted molar refractivity (Wildman–Crippen MR) is 115 cm³/mol. The number of carbonyl (C=O) groups excluding carboxylic acids is 1. The molecule has 1 heterocycles. The van der Waals surface area contributed by atoms with Crippen molar-refractivity contribution in [2.45, 2.75) is 62.1 Å². The second kappa shape index (κ2) is 7.65. The highest BCUT2D eigenvalue weighted by atomic mass is 19.4. The van der Waals surface area contributed by atoms with Crippen LogP contribution in [0, 0.1) is 11.7 Å². The van der Waals surface area contributed by atoms with E-state index in [0.29, 0.717) is 24.9 Å². The van der Waals surface area contributed by atoms with Gasteiger partial charge in [-0.3, -0.25) is 0 Å². The van der Waals surface area contributed by atoms with Crippen LogP contribution in [0.3, 0.4) is 0 Å². The van der Waals surface area contributed by atoms with E-state index in [-0.39, 0.29) is 18.7 Å². The lowest BCUT2D eigenvalue weighted by molar-refractivity contribution is -0.279. The molecule has 1 N–H and O–H groups in total. The summed E-state index contributed by atoms with van der Waals surface area (Å²) in [6.07, 6.45) is -0.966. The van der Waals surface area contributed by atoms with E-state index in [1.807, 2.05) is 12.1 Å². The molecule has 8 heteroatoms. The summed E-state index contributed by atoms with van der Waals surface area (Å²) in [6.45, 7) is 0. The van der Waals surface area contributed by atoms with Gasteiger partial charge in [0.05, 0.1) is 17.4 Å². The standard InChI is InChI=1S/C25H24F4N2O2/c26-19-4-6-20(7-5-19)31-22-13-16-2-1-3-18-14-24(33,25(27,28)29)9-8-23(18,10-11-32)21(16)12-17(22)15-30-31/h4-7,11-13,15,18,33H,1-3,8-10,14H2/t18-,23+,24-/m1/s1. The number of alkyl halides is 3. The number of halogens is 4. The molecule has 5 rings (SSSR count). The van der Waals surface area contributed by atoms with Crippen LogP contribution in [0.5, 0.6) is 0 Å². The van der Waals surface area contributed by atoms with Gasteiger partial charge in [0, 0.05) is 17.2 Å². The van der Waals surface area contributed by atoms with Crippen LogP contribution in [0.4, 0.5) is 17.6 Å². The minimum absolute atomic E-state index is 0.0943. The maximum atomic E-state index is 13.6. The van der Waals surface area contributed by atoms with Gasteiger partial charge in [0.2, 0.25) is 0 Å². The summed E-state index contributed by atoms with van der Waals surface area (Å²) < 4.78 is 56.0. The van der Waals surface area contributed by atoms with E-state index in [1.165, 1.54) is 12.1 Å². The SMILES string of the molecule is O=CC[C@@]12CC[C@](O)(C(F)(F)F)C[C@H]1CCCc1cc3c(cnn3-c3ccc(F)cc3)cc12. The van der Waals surface area contributed by atoms with Crippen LogP contribution in [-0.4, -0.2) is 33.0 Å². The van der Waals surface area contributed by atoms with Crippen LogP contribution in [0.1, 0.15) is 49.7 Å². The van der Waals surface area contributed by atoms with Crippen molar-refractivity contribution in [3.05, 3.63) is 59.5 Å². The Morgan fingerprint density at radius 2 is 1.94 bits per heavy atom. The largest absolute Gasteiger partial charge is 0.417 e. The number of rotatable bonds is 3. The van der Waals surface area contributed by atoms with Crippen LogP contribution in [0.15, 0.2) is 42.6 Å². The Bertz CT molecular complexity index is 1200. The Morgan fingerprint density at radius 3 is 2.64 bits per heavy atom. The van der Waals surface area contributed by atoms with Crippen molar-refractivity contribution >= 4 is 17.2 Å². The second-order valence-corrected chi connectivity index (χ2v) is 9.45. The first-order valence-corrected chi connectivity index (χ1v) is 11.2. The first-order chi connectivity index (χ1) is 15.7. The average Bonchev–Trinajstić information content (AvgIpc) is 3.11. The lowest BCUT2D eigenvalue weighted by atomic mass is 9.56. The van der Waals surface area contributed by atoms with Crippen molar-refractivity contribution in [1.82, 2.24) is 9.78 Å². The highest BCUT2D eigenvalue weighted by molar-refractivity contribution is 5.83. The molecule has 2 aliphatic carbocycles. The van der Waals surface area contributed by atoms with Gasteiger partial charge >= 0.3 is 6.18 Å². The van der Waals surface area contributed by atoms with Crippen LogP contribution in [-0.2, 0) is 16.6 Å². The zero-order valence-electron chi connectivity index (χ0n) is 17.9. The predicted octanol–water partition coefficient (Wildman–Crippen LogP) is 5.42. The number of hydrogen-bond acceptors (Lipinski definition) is 3. The van der Waals surface area contributed by atoms with Gasteiger partial charge in [-0.25, -0.2) is 9.07 Å². The molecule has 3 atom stereocenters. The molecular weight excluding hydrogens is 436 g/mol. The van der Waals surface area contributed by atoms with Crippen molar-refractivity contribution in [3.63, 3.8) is 0 Å². The van der Waals surface area contributed by atoms with Gasteiger partial charge in [0.25, 0.3) is 0 Å². The number of aromatic nitrogens is 2. The van der Waals surface area contributed by atoms with E-state index in [2.05, 4.69) is 5.10 Å². The number of hydrogen-bond donors (Lipinski definition) is 1. The topological polar surface area (TPSA) is 55.1 Å². The van der Waals surface area contributed by atoms with Gasteiger partial charge in [-0.15, -0.1) is 0 Å². The molecule has 2 aromatic carbocycles. The van der Waals surface area contributed by atoms with Crippen LogP contribution < -0.4 is 0 Å². The summed E-state index contributed by atoms with van der Waals surface area (Å²) in [5.74, 6) is -0.795. The fourth-order valence-electron chi connectivity index (χ4n) is 5.97. The minimum Gasteiger partial charge on any atom is -0.380 e.